The number of anilines is 1. The molecule has 1 fully saturated rings. The summed E-state index contributed by atoms with van der Waals surface area (Å²) in [6, 6.07) is 18.3. The normalized spacial score (nSPS) is 14.3. The first-order valence-corrected chi connectivity index (χ1v) is 12.6. The molecule has 0 radical (unpaired) electrons. The highest BCUT2D eigenvalue weighted by atomic mass is 35.5. The van der Waals surface area contributed by atoms with E-state index in [2.05, 4.69) is 55.5 Å². The van der Waals surface area contributed by atoms with Crippen LogP contribution in [0.5, 0.6) is 0 Å². The zero-order valence-corrected chi connectivity index (χ0v) is 20.1. The van der Waals surface area contributed by atoms with Crippen LogP contribution in [0.4, 0.5) is 5.82 Å². The number of rotatable bonds is 9. The number of hydrogen-bond donors (Lipinski definition) is 1. The third-order valence-electron chi connectivity index (χ3n) is 5.73. The lowest BCUT2D eigenvalue weighted by Crippen LogP contribution is -2.35. The summed E-state index contributed by atoms with van der Waals surface area (Å²) < 4.78 is 0. The van der Waals surface area contributed by atoms with Crippen LogP contribution in [-0.4, -0.2) is 46.2 Å². The highest BCUT2D eigenvalue weighted by Gasteiger charge is 2.21. The molecule has 172 valence electrons. The van der Waals surface area contributed by atoms with Gasteiger partial charge in [0.1, 0.15) is 11.0 Å². The van der Waals surface area contributed by atoms with Crippen molar-refractivity contribution in [1.29, 1.82) is 0 Å². The second kappa shape index (κ2) is 12.0. The summed E-state index contributed by atoms with van der Waals surface area (Å²) in [4.78, 5) is 27.7. The highest BCUT2D eigenvalue weighted by Crippen LogP contribution is 2.27. The van der Waals surface area contributed by atoms with E-state index in [1.165, 1.54) is 17.3 Å². The molecule has 1 aliphatic rings. The lowest BCUT2D eigenvalue weighted by molar-refractivity contribution is -0.118. The van der Waals surface area contributed by atoms with Crippen molar-refractivity contribution in [2.45, 2.75) is 30.8 Å². The number of halogens is 1. The molecule has 3 heterocycles. The molecule has 1 amide bonds. The molecule has 2 aromatic heterocycles. The Hall–Kier alpha value is -2.64. The fraction of sp³-hybridized carbons (Fsp3) is 0.360. The van der Waals surface area contributed by atoms with Gasteiger partial charge in [0.2, 0.25) is 5.91 Å². The number of piperidine rings is 1. The van der Waals surface area contributed by atoms with Crippen LogP contribution in [0.15, 0.2) is 66.0 Å². The number of hydrogen-bond acceptors (Lipinski definition) is 6. The molecule has 0 aliphatic carbocycles. The van der Waals surface area contributed by atoms with Gasteiger partial charge in [0, 0.05) is 44.0 Å². The van der Waals surface area contributed by atoms with Gasteiger partial charge in [0.15, 0.2) is 5.16 Å². The smallest absolute Gasteiger partial charge is 0.230 e. The summed E-state index contributed by atoms with van der Waals surface area (Å²) in [5.41, 5.74) is 2.36. The van der Waals surface area contributed by atoms with Crippen LogP contribution in [0, 0.1) is 5.92 Å². The Bertz CT molecular complexity index is 1030. The van der Waals surface area contributed by atoms with Crippen molar-refractivity contribution in [1.82, 2.24) is 20.3 Å². The van der Waals surface area contributed by atoms with Gasteiger partial charge in [-0.3, -0.25) is 9.78 Å². The predicted molar refractivity (Wildman–Crippen MR) is 134 cm³/mol. The van der Waals surface area contributed by atoms with E-state index in [-0.39, 0.29) is 11.7 Å². The van der Waals surface area contributed by atoms with Crippen LogP contribution >= 0.6 is 23.4 Å². The monoisotopic (exact) mass is 481 g/mol. The standard InChI is InChI=1S/C25H28ClN5OS/c26-22-17-23(31-14-10-20(11-15-31)16-19-6-2-1-3-7-19)30-25(29-22)33-18-24(32)28-13-9-21-8-4-5-12-27-21/h1-8,12,17,20H,9-11,13-16,18H2,(H,28,32). The predicted octanol–water partition coefficient (Wildman–Crippen LogP) is 4.44. The van der Waals surface area contributed by atoms with Gasteiger partial charge in [-0.15, -0.1) is 0 Å². The van der Waals surface area contributed by atoms with Crippen molar-refractivity contribution < 1.29 is 4.79 Å². The first kappa shape index (κ1) is 23.5. The van der Waals surface area contributed by atoms with Crippen LogP contribution in [0.3, 0.4) is 0 Å². The van der Waals surface area contributed by atoms with E-state index in [0.29, 0.717) is 29.2 Å². The zero-order valence-electron chi connectivity index (χ0n) is 18.5. The van der Waals surface area contributed by atoms with Gasteiger partial charge in [-0.25, -0.2) is 9.97 Å². The molecule has 0 saturated carbocycles. The van der Waals surface area contributed by atoms with Gasteiger partial charge in [0.25, 0.3) is 0 Å². The Balaban J connectivity index is 1.24. The topological polar surface area (TPSA) is 71.0 Å². The van der Waals surface area contributed by atoms with Crippen LogP contribution in [-0.2, 0) is 17.6 Å². The summed E-state index contributed by atoms with van der Waals surface area (Å²) in [6.07, 6.45) is 5.83. The van der Waals surface area contributed by atoms with Gasteiger partial charge >= 0.3 is 0 Å². The average molecular weight is 482 g/mol. The van der Waals surface area contributed by atoms with Crippen molar-refractivity contribution in [3.8, 4) is 0 Å². The first-order chi connectivity index (χ1) is 16.2. The SMILES string of the molecule is O=C(CSc1nc(Cl)cc(N2CCC(Cc3ccccc3)CC2)n1)NCCc1ccccn1. The molecule has 0 atom stereocenters. The molecule has 1 N–H and O–H groups in total. The van der Waals surface area contributed by atoms with E-state index in [9.17, 15) is 4.79 Å². The molecule has 4 rings (SSSR count). The molecule has 0 unspecified atom stereocenters. The molecule has 1 aromatic carbocycles. The number of thioether (sulfide) groups is 1. The van der Waals surface area contributed by atoms with E-state index >= 15 is 0 Å². The van der Waals surface area contributed by atoms with Gasteiger partial charge < -0.3 is 10.2 Å². The number of aromatic nitrogens is 3. The second-order valence-corrected chi connectivity index (χ2v) is 9.49. The summed E-state index contributed by atoms with van der Waals surface area (Å²) in [7, 11) is 0. The van der Waals surface area contributed by atoms with Crippen molar-refractivity contribution in [2.75, 3.05) is 30.3 Å². The van der Waals surface area contributed by atoms with Crippen LogP contribution in [0.2, 0.25) is 5.15 Å². The Morgan fingerprint density at radius 3 is 2.64 bits per heavy atom. The third-order valence-corrected chi connectivity index (χ3v) is 6.77. The molecule has 33 heavy (non-hydrogen) atoms. The minimum atomic E-state index is -0.0530. The Morgan fingerprint density at radius 1 is 1.09 bits per heavy atom. The summed E-state index contributed by atoms with van der Waals surface area (Å²) in [6.45, 7) is 2.45. The minimum Gasteiger partial charge on any atom is -0.356 e. The van der Waals surface area contributed by atoms with Gasteiger partial charge in [-0.1, -0.05) is 59.8 Å². The van der Waals surface area contributed by atoms with E-state index in [1.807, 2.05) is 24.3 Å². The Labute approximate surface area is 204 Å². The van der Waals surface area contributed by atoms with Crippen molar-refractivity contribution in [3.05, 3.63) is 77.2 Å². The van der Waals surface area contributed by atoms with Crippen molar-refractivity contribution in [3.63, 3.8) is 0 Å². The van der Waals surface area contributed by atoms with E-state index in [0.717, 1.165) is 43.9 Å². The molecular formula is C25H28ClN5OS. The molecular weight excluding hydrogens is 454 g/mol. The number of pyridine rings is 1. The first-order valence-electron chi connectivity index (χ1n) is 11.3. The molecule has 0 spiro atoms. The molecule has 8 heteroatoms. The maximum absolute atomic E-state index is 12.2. The highest BCUT2D eigenvalue weighted by molar-refractivity contribution is 7.99. The summed E-state index contributed by atoms with van der Waals surface area (Å²) >= 11 is 7.58. The molecule has 1 saturated heterocycles. The minimum absolute atomic E-state index is 0.0530. The number of carbonyl (C=O) groups is 1. The number of benzene rings is 1. The van der Waals surface area contributed by atoms with Gasteiger partial charge in [0.05, 0.1) is 5.75 Å². The molecule has 6 nitrogen and oxygen atoms in total. The van der Waals surface area contributed by atoms with Crippen molar-refractivity contribution in [2.24, 2.45) is 5.92 Å². The number of carbonyl (C=O) groups excluding carboxylic acids is 1. The largest absolute Gasteiger partial charge is 0.356 e. The fourth-order valence-electron chi connectivity index (χ4n) is 3.98. The summed E-state index contributed by atoms with van der Waals surface area (Å²) in [5, 5.41) is 3.86. The third kappa shape index (κ3) is 7.44. The van der Waals surface area contributed by atoms with Gasteiger partial charge in [-0.2, -0.15) is 0 Å². The molecule has 0 bridgehead atoms. The second-order valence-electron chi connectivity index (χ2n) is 8.16. The van der Waals surface area contributed by atoms with Crippen molar-refractivity contribution >= 4 is 35.1 Å². The van der Waals surface area contributed by atoms with E-state index < -0.39 is 0 Å². The number of nitrogens with one attached hydrogen (secondary N) is 1. The van der Waals surface area contributed by atoms with E-state index in [4.69, 9.17) is 11.6 Å². The summed E-state index contributed by atoms with van der Waals surface area (Å²) in [5.74, 6) is 1.72. The maximum atomic E-state index is 12.2. The lowest BCUT2D eigenvalue weighted by atomic mass is 9.90. The maximum Gasteiger partial charge on any atom is 0.230 e. The quantitative estimate of drug-likeness (QED) is 0.277. The molecule has 1 aliphatic heterocycles. The van der Waals surface area contributed by atoms with Crippen LogP contribution < -0.4 is 10.2 Å². The lowest BCUT2D eigenvalue weighted by Gasteiger charge is -2.33. The Kier molecular flexibility index (Phi) is 8.55. The Morgan fingerprint density at radius 2 is 1.88 bits per heavy atom. The van der Waals surface area contributed by atoms with Gasteiger partial charge in [-0.05, 0) is 42.9 Å². The van der Waals surface area contributed by atoms with Crippen LogP contribution in [0.25, 0.3) is 0 Å². The zero-order chi connectivity index (χ0) is 22.9. The number of amides is 1. The number of nitrogens with zero attached hydrogens (tertiary/aromatic N) is 4. The average Bonchev–Trinajstić information content (AvgIpc) is 2.84. The van der Waals surface area contributed by atoms with Crippen LogP contribution in [0.1, 0.15) is 24.1 Å². The molecule has 3 aromatic rings. The fourth-order valence-corrected chi connectivity index (χ4v) is 4.89. The van der Waals surface area contributed by atoms with E-state index in [1.54, 1.807) is 6.20 Å².